The van der Waals surface area contributed by atoms with E-state index in [9.17, 15) is 0 Å². The number of likely N-dealkylation sites (N-methyl/N-ethyl adjacent to an activating group) is 1. The summed E-state index contributed by atoms with van der Waals surface area (Å²) in [4.78, 5) is 4.74. The maximum absolute atomic E-state index is 6.50. The molecular formula is C24H26N4. The highest BCUT2D eigenvalue weighted by Gasteiger charge is 2.40. The Morgan fingerprint density at radius 1 is 0.857 bits per heavy atom. The van der Waals surface area contributed by atoms with Crippen LogP contribution in [0.3, 0.4) is 0 Å². The molecule has 0 aliphatic carbocycles. The van der Waals surface area contributed by atoms with Gasteiger partial charge >= 0.3 is 0 Å². The van der Waals surface area contributed by atoms with Crippen molar-refractivity contribution in [1.82, 2.24) is 4.90 Å². The Hall–Kier alpha value is -2.82. The van der Waals surface area contributed by atoms with Crippen molar-refractivity contribution in [2.75, 3.05) is 30.0 Å². The van der Waals surface area contributed by atoms with Gasteiger partial charge in [0.1, 0.15) is 0 Å². The fourth-order valence-corrected chi connectivity index (χ4v) is 4.73. The highest BCUT2D eigenvalue weighted by molar-refractivity contribution is 5.79. The zero-order chi connectivity index (χ0) is 19.1. The molecule has 0 spiro atoms. The molecular weight excluding hydrogens is 344 g/mol. The Morgan fingerprint density at radius 2 is 1.50 bits per heavy atom. The van der Waals surface area contributed by atoms with Gasteiger partial charge in [-0.3, -0.25) is 0 Å². The van der Waals surface area contributed by atoms with Gasteiger partial charge in [0.2, 0.25) is 0 Å². The van der Waals surface area contributed by atoms with Crippen molar-refractivity contribution in [2.24, 2.45) is 5.84 Å². The minimum atomic E-state index is 0.406. The standard InChI is InChI=1S/C24H26N4/c1-26-15-14-24-22(17-26)21-16-20(12-13-23(21)28(24)25)27(18-8-4-2-5-9-18)19-10-6-3-7-11-19/h2-13,16,22,24H,14-15,17,25H2,1H3. The molecule has 3 aromatic rings. The van der Waals surface area contributed by atoms with Gasteiger partial charge in [0.25, 0.3) is 0 Å². The maximum Gasteiger partial charge on any atom is 0.0558 e. The van der Waals surface area contributed by atoms with E-state index in [-0.39, 0.29) is 0 Å². The van der Waals surface area contributed by atoms with Crippen molar-refractivity contribution >= 4 is 22.7 Å². The molecule has 2 aliphatic rings. The predicted molar refractivity (Wildman–Crippen MR) is 116 cm³/mol. The van der Waals surface area contributed by atoms with Gasteiger partial charge in [-0.15, -0.1) is 0 Å². The third kappa shape index (κ3) is 2.86. The molecule has 2 atom stereocenters. The van der Waals surface area contributed by atoms with Crippen molar-refractivity contribution in [2.45, 2.75) is 18.4 Å². The molecule has 4 heteroatoms. The summed E-state index contributed by atoms with van der Waals surface area (Å²) in [7, 11) is 2.21. The summed E-state index contributed by atoms with van der Waals surface area (Å²) in [6, 6.07) is 28.3. The molecule has 0 amide bonds. The fraction of sp³-hybridized carbons (Fsp3) is 0.250. The first kappa shape index (κ1) is 17.3. The van der Waals surface area contributed by atoms with Crippen LogP contribution in [0, 0.1) is 0 Å². The summed E-state index contributed by atoms with van der Waals surface area (Å²) in [5, 5.41) is 2.01. The van der Waals surface area contributed by atoms with E-state index in [0.29, 0.717) is 12.0 Å². The Kier molecular flexibility index (Phi) is 4.30. The number of hydrogen-bond acceptors (Lipinski definition) is 4. The molecule has 1 fully saturated rings. The molecule has 2 N–H and O–H groups in total. The first-order valence-corrected chi connectivity index (χ1v) is 9.99. The van der Waals surface area contributed by atoms with Crippen LogP contribution in [-0.2, 0) is 0 Å². The lowest BCUT2D eigenvalue weighted by Gasteiger charge is -2.35. The van der Waals surface area contributed by atoms with Crippen LogP contribution in [0.2, 0.25) is 0 Å². The van der Waals surface area contributed by atoms with Gasteiger partial charge in [-0.1, -0.05) is 36.4 Å². The quantitative estimate of drug-likeness (QED) is 0.682. The third-order valence-corrected chi connectivity index (χ3v) is 6.11. The predicted octanol–water partition coefficient (Wildman–Crippen LogP) is 4.64. The molecule has 3 aromatic carbocycles. The van der Waals surface area contributed by atoms with E-state index in [0.717, 1.165) is 30.9 Å². The van der Waals surface area contributed by atoms with Crippen LogP contribution in [-0.4, -0.2) is 31.1 Å². The zero-order valence-corrected chi connectivity index (χ0v) is 16.2. The molecule has 1 saturated heterocycles. The van der Waals surface area contributed by atoms with E-state index in [4.69, 9.17) is 5.84 Å². The third-order valence-electron chi connectivity index (χ3n) is 6.11. The van der Waals surface area contributed by atoms with Gasteiger partial charge < -0.3 is 14.8 Å². The number of anilines is 4. The smallest absolute Gasteiger partial charge is 0.0558 e. The number of rotatable bonds is 3. The Morgan fingerprint density at radius 3 is 2.14 bits per heavy atom. The van der Waals surface area contributed by atoms with Gasteiger partial charge in [-0.05, 0) is 68.0 Å². The Balaban J connectivity index is 1.61. The largest absolute Gasteiger partial charge is 0.310 e. The second kappa shape index (κ2) is 6.97. The lowest BCUT2D eigenvalue weighted by molar-refractivity contribution is 0.231. The molecule has 2 heterocycles. The Bertz CT molecular complexity index is 917. The number of piperidine rings is 1. The van der Waals surface area contributed by atoms with E-state index < -0.39 is 0 Å². The van der Waals surface area contributed by atoms with Gasteiger partial charge in [0, 0.05) is 29.5 Å². The van der Waals surface area contributed by atoms with E-state index in [1.54, 1.807) is 0 Å². The highest BCUT2D eigenvalue weighted by atomic mass is 15.4. The highest BCUT2D eigenvalue weighted by Crippen LogP contribution is 2.46. The maximum atomic E-state index is 6.50. The fourth-order valence-electron chi connectivity index (χ4n) is 4.73. The molecule has 142 valence electrons. The lowest BCUT2D eigenvalue weighted by atomic mass is 9.89. The van der Waals surface area contributed by atoms with Gasteiger partial charge in [-0.2, -0.15) is 0 Å². The van der Waals surface area contributed by atoms with Gasteiger partial charge in [0.15, 0.2) is 0 Å². The normalized spacial score (nSPS) is 21.3. The van der Waals surface area contributed by atoms with Crippen LogP contribution in [0.5, 0.6) is 0 Å². The molecule has 28 heavy (non-hydrogen) atoms. The van der Waals surface area contributed by atoms with Crippen LogP contribution in [0.25, 0.3) is 0 Å². The second-order valence-electron chi connectivity index (χ2n) is 7.88. The average Bonchev–Trinajstić information content (AvgIpc) is 3.01. The van der Waals surface area contributed by atoms with Crippen molar-refractivity contribution < 1.29 is 0 Å². The van der Waals surface area contributed by atoms with E-state index >= 15 is 0 Å². The molecule has 0 saturated carbocycles. The summed E-state index contributed by atoms with van der Waals surface area (Å²) in [6.07, 6.45) is 1.11. The van der Waals surface area contributed by atoms with Crippen LogP contribution < -0.4 is 15.8 Å². The van der Waals surface area contributed by atoms with Crippen molar-refractivity contribution in [3.05, 3.63) is 84.4 Å². The lowest BCUT2D eigenvalue weighted by Crippen LogP contribution is -2.47. The summed E-state index contributed by atoms with van der Waals surface area (Å²) < 4.78 is 0. The van der Waals surface area contributed by atoms with E-state index in [1.807, 2.05) is 5.01 Å². The number of fused-ring (bicyclic) bond motifs is 3. The first-order valence-electron chi connectivity index (χ1n) is 9.99. The number of hydrogen-bond donors (Lipinski definition) is 1. The molecule has 0 bridgehead atoms. The monoisotopic (exact) mass is 370 g/mol. The van der Waals surface area contributed by atoms with Crippen LogP contribution in [0.4, 0.5) is 22.7 Å². The topological polar surface area (TPSA) is 35.7 Å². The molecule has 2 aliphatic heterocycles. The number of benzene rings is 3. The molecule has 4 nitrogen and oxygen atoms in total. The number of hydrazine groups is 1. The molecule has 0 radical (unpaired) electrons. The summed E-state index contributed by atoms with van der Waals surface area (Å²) in [5.41, 5.74) is 6.05. The number of likely N-dealkylation sites (tertiary alicyclic amines) is 1. The summed E-state index contributed by atoms with van der Waals surface area (Å²) in [6.45, 7) is 2.17. The van der Waals surface area contributed by atoms with Crippen LogP contribution >= 0.6 is 0 Å². The Labute approximate surface area is 166 Å². The molecule has 2 unspecified atom stereocenters. The number of nitrogens with zero attached hydrogens (tertiary/aromatic N) is 3. The summed E-state index contributed by atoms with van der Waals surface area (Å²) in [5.74, 6) is 6.96. The second-order valence-corrected chi connectivity index (χ2v) is 7.88. The summed E-state index contributed by atoms with van der Waals surface area (Å²) >= 11 is 0. The van der Waals surface area contributed by atoms with E-state index in [1.165, 1.54) is 16.9 Å². The number of nitrogens with two attached hydrogens (primary N) is 1. The SMILES string of the molecule is CN1CCC2C(C1)c1cc(N(c3ccccc3)c3ccccc3)ccc1N2N. The van der Waals surface area contributed by atoms with Crippen molar-refractivity contribution in [1.29, 1.82) is 0 Å². The zero-order valence-electron chi connectivity index (χ0n) is 16.2. The average molecular weight is 371 g/mol. The van der Waals surface area contributed by atoms with Crippen LogP contribution in [0.15, 0.2) is 78.9 Å². The minimum absolute atomic E-state index is 0.406. The van der Waals surface area contributed by atoms with Crippen LogP contribution in [0.1, 0.15) is 17.9 Å². The number of para-hydroxylation sites is 2. The van der Waals surface area contributed by atoms with Gasteiger partial charge in [-0.25, -0.2) is 5.84 Å². The van der Waals surface area contributed by atoms with E-state index in [2.05, 4.69) is 95.7 Å². The first-order chi connectivity index (χ1) is 13.7. The minimum Gasteiger partial charge on any atom is -0.310 e. The van der Waals surface area contributed by atoms with Crippen molar-refractivity contribution in [3.63, 3.8) is 0 Å². The van der Waals surface area contributed by atoms with Crippen molar-refractivity contribution in [3.8, 4) is 0 Å². The molecule has 5 rings (SSSR count). The van der Waals surface area contributed by atoms with Gasteiger partial charge in [0.05, 0.1) is 11.7 Å². The molecule has 0 aromatic heterocycles.